The Balaban J connectivity index is 2.86. The van der Waals surface area contributed by atoms with Gasteiger partial charge in [-0.15, -0.1) is 0 Å². The number of carbonyl (C=O) groups is 4. The van der Waals surface area contributed by atoms with Gasteiger partial charge in [0.25, 0.3) is 0 Å². The van der Waals surface area contributed by atoms with Crippen molar-refractivity contribution in [2.75, 3.05) is 18.6 Å². The summed E-state index contributed by atoms with van der Waals surface area (Å²) in [6.07, 6.45) is 2.55. The number of carboxylic acid groups (broad SMARTS) is 1. The van der Waals surface area contributed by atoms with E-state index in [0.717, 1.165) is 5.56 Å². The average molecular weight is 497 g/mol. The summed E-state index contributed by atoms with van der Waals surface area (Å²) in [5, 5.41) is 26.6. The zero-order valence-corrected chi connectivity index (χ0v) is 20.6. The summed E-state index contributed by atoms with van der Waals surface area (Å²) in [4.78, 5) is 49.6. The van der Waals surface area contributed by atoms with Crippen LogP contribution in [0.5, 0.6) is 0 Å². The lowest BCUT2D eigenvalue weighted by atomic mass is 10.0. The molecule has 4 unspecified atom stereocenters. The third-order valence-electron chi connectivity index (χ3n) is 5.02. The molecule has 4 atom stereocenters. The van der Waals surface area contributed by atoms with Crippen molar-refractivity contribution in [1.29, 1.82) is 0 Å². The van der Waals surface area contributed by atoms with E-state index < -0.39 is 54.5 Å². The van der Waals surface area contributed by atoms with Crippen molar-refractivity contribution in [2.24, 2.45) is 11.7 Å². The van der Waals surface area contributed by atoms with Gasteiger partial charge in [-0.25, -0.2) is 4.79 Å². The van der Waals surface area contributed by atoms with Crippen LogP contribution < -0.4 is 21.7 Å². The van der Waals surface area contributed by atoms with Gasteiger partial charge in [0.05, 0.1) is 12.6 Å². The number of amides is 3. The number of nitrogens with two attached hydrogens (primary N) is 1. The number of carboxylic acids is 1. The summed E-state index contributed by atoms with van der Waals surface area (Å²) >= 11 is 1.45. The molecule has 10 nitrogen and oxygen atoms in total. The zero-order chi connectivity index (χ0) is 25.7. The lowest BCUT2D eigenvalue weighted by Crippen LogP contribution is -2.58. The van der Waals surface area contributed by atoms with E-state index in [4.69, 9.17) is 5.73 Å². The van der Waals surface area contributed by atoms with E-state index in [1.807, 2.05) is 20.1 Å². The van der Waals surface area contributed by atoms with Gasteiger partial charge < -0.3 is 31.9 Å². The molecular formula is C23H36N4O6S. The van der Waals surface area contributed by atoms with Gasteiger partial charge in [-0.05, 0) is 36.3 Å². The Morgan fingerprint density at radius 2 is 1.50 bits per heavy atom. The second-order valence-corrected chi connectivity index (χ2v) is 9.40. The summed E-state index contributed by atoms with van der Waals surface area (Å²) in [5.41, 5.74) is 6.57. The van der Waals surface area contributed by atoms with Gasteiger partial charge in [0.1, 0.15) is 18.1 Å². The Hall–Kier alpha value is -2.63. The first-order valence-electron chi connectivity index (χ1n) is 11.1. The molecule has 0 saturated carbocycles. The van der Waals surface area contributed by atoms with Crippen LogP contribution in [-0.4, -0.2) is 76.7 Å². The summed E-state index contributed by atoms with van der Waals surface area (Å²) in [6.45, 7) is 3.12. The maximum absolute atomic E-state index is 12.9. The molecule has 34 heavy (non-hydrogen) atoms. The lowest BCUT2D eigenvalue weighted by Gasteiger charge is -2.24. The van der Waals surface area contributed by atoms with Crippen LogP contribution in [0, 0.1) is 5.92 Å². The number of rotatable bonds is 15. The number of hydrogen-bond acceptors (Lipinski definition) is 7. The van der Waals surface area contributed by atoms with E-state index in [0.29, 0.717) is 12.2 Å². The number of nitrogens with one attached hydrogen (secondary N) is 3. The molecule has 190 valence electrons. The summed E-state index contributed by atoms with van der Waals surface area (Å²) in [6, 6.07) is 4.49. The third kappa shape index (κ3) is 10.5. The predicted octanol–water partition coefficient (Wildman–Crippen LogP) is -0.113. The first-order valence-corrected chi connectivity index (χ1v) is 12.5. The molecule has 1 aromatic carbocycles. The summed E-state index contributed by atoms with van der Waals surface area (Å²) in [5.74, 6) is -2.52. The minimum absolute atomic E-state index is 0.0775. The average Bonchev–Trinajstić information content (AvgIpc) is 2.79. The van der Waals surface area contributed by atoms with Crippen molar-refractivity contribution < 1.29 is 29.4 Å². The zero-order valence-electron chi connectivity index (χ0n) is 19.8. The number of benzene rings is 1. The van der Waals surface area contributed by atoms with Gasteiger partial charge in [0, 0.05) is 6.42 Å². The van der Waals surface area contributed by atoms with Crippen molar-refractivity contribution in [3.8, 4) is 0 Å². The molecule has 1 aromatic rings. The van der Waals surface area contributed by atoms with E-state index >= 15 is 0 Å². The molecule has 0 saturated heterocycles. The number of aliphatic carboxylic acids is 1. The minimum atomic E-state index is -1.30. The quantitative estimate of drug-likeness (QED) is 0.195. The first kappa shape index (κ1) is 29.4. The van der Waals surface area contributed by atoms with E-state index in [9.17, 15) is 29.4 Å². The van der Waals surface area contributed by atoms with E-state index in [-0.39, 0.29) is 18.8 Å². The molecule has 0 aromatic heterocycles. The van der Waals surface area contributed by atoms with Crippen molar-refractivity contribution >= 4 is 35.5 Å². The number of carbonyl (C=O) groups excluding carboxylic acids is 3. The molecule has 0 aliphatic rings. The van der Waals surface area contributed by atoms with Crippen LogP contribution in [0.25, 0.3) is 0 Å². The fourth-order valence-corrected chi connectivity index (χ4v) is 3.66. The van der Waals surface area contributed by atoms with Crippen LogP contribution in [-0.2, 0) is 25.6 Å². The topological polar surface area (TPSA) is 171 Å². The molecule has 0 aliphatic carbocycles. The second-order valence-electron chi connectivity index (χ2n) is 8.41. The summed E-state index contributed by atoms with van der Waals surface area (Å²) < 4.78 is 0. The van der Waals surface area contributed by atoms with Gasteiger partial charge in [0.2, 0.25) is 17.7 Å². The Morgan fingerprint density at radius 3 is 2.03 bits per heavy atom. The number of thioether (sulfide) groups is 1. The van der Waals surface area contributed by atoms with Gasteiger partial charge in [-0.3, -0.25) is 14.4 Å². The molecule has 0 fully saturated rings. The molecule has 11 heteroatoms. The Kier molecular flexibility index (Phi) is 13.2. The SMILES string of the molecule is CSCCC(NC(=O)C(CO)NC(=O)C(N)CC(C)C)C(=O)NC(Cc1ccccc1)C(=O)O. The van der Waals surface area contributed by atoms with Gasteiger partial charge >= 0.3 is 5.97 Å². The van der Waals surface area contributed by atoms with Gasteiger partial charge in [-0.2, -0.15) is 11.8 Å². The van der Waals surface area contributed by atoms with E-state index in [2.05, 4.69) is 16.0 Å². The number of aliphatic hydroxyl groups excluding tert-OH is 1. The second kappa shape index (κ2) is 15.3. The molecule has 0 spiro atoms. The largest absolute Gasteiger partial charge is 0.480 e. The van der Waals surface area contributed by atoms with Gasteiger partial charge in [0.15, 0.2) is 0 Å². The normalized spacial score (nSPS) is 14.5. The van der Waals surface area contributed by atoms with Gasteiger partial charge in [-0.1, -0.05) is 44.2 Å². The van der Waals surface area contributed by atoms with E-state index in [1.165, 1.54) is 11.8 Å². The maximum Gasteiger partial charge on any atom is 0.326 e. The fraction of sp³-hybridized carbons (Fsp3) is 0.565. The number of hydrogen-bond donors (Lipinski definition) is 6. The predicted molar refractivity (Wildman–Crippen MR) is 131 cm³/mol. The molecule has 0 aliphatic heterocycles. The molecular weight excluding hydrogens is 460 g/mol. The third-order valence-corrected chi connectivity index (χ3v) is 5.66. The van der Waals surface area contributed by atoms with Crippen molar-refractivity contribution in [3.05, 3.63) is 35.9 Å². The highest BCUT2D eigenvalue weighted by molar-refractivity contribution is 7.98. The van der Waals surface area contributed by atoms with Crippen LogP contribution in [0.2, 0.25) is 0 Å². The fourth-order valence-electron chi connectivity index (χ4n) is 3.19. The molecule has 0 heterocycles. The number of aliphatic hydroxyl groups is 1. The van der Waals surface area contributed by atoms with Crippen molar-refractivity contribution in [3.63, 3.8) is 0 Å². The molecule has 7 N–H and O–H groups in total. The molecule has 0 bridgehead atoms. The van der Waals surface area contributed by atoms with Crippen LogP contribution in [0.3, 0.4) is 0 Å². The van der Waals surface area contributed by atoms with Crippen LogP contribution in [0.1, 0.15) is 32.3 Å². The minimum Gasteiger partial charge on any atom is -0.480 e. The molecule has 1 rings (SSSR count). The molecule has 3 amide bonds. The Bertz CT molecular complexity index is 808. The lowest BCUT2D eigenvalue weighted by molar-refractivity contribution is -0.142. The Morgan fingerprint density at radius 1 is 0.941 bits per heavy atom. The maximum atomic E-state index is 12.9. The monoisotopic (exact) mass is 496 g/mol. The van der Waals surface area contributed by atoms with E-state index in [1.54, 1.807) is 30.3 Å². The Labute approximate surface area is 204 Å². The highest BCUT2D eigenvalue weighted by atomic mass is 32.2. The van der Waals surface area contributed by atoms with Crippen LogP contribution >= 0.6 is 11.8 Å². The standard InChI is InChI=1S/C23H36N4O6S/c1-14(2)11-16(24)20(29)27-19(13-28)22(31)25-17(9-10-34-3)21(30)26-18(23(32)33)12-15-7-5-4-6-8-15/h4-8,14,16-19,28H,9-13,24H2,1-3H3,(H,25,31)(H,26,30)(H,27,29)(H,32,33). The highest BCUT2D eigenvalue weighted by Gasteiger charge is 2.30. The smallest absolute Gasteiger partial charge is 0.326 e. The summed E-state index contributed by atoms with van der Waals surface area (Å²) in [7, 11) is 0. The molecule has 0 radical (unpaired) electrons. The van der Waals surface area contributed by atoms with Crippen LogP contribution in [0.4, 0.5) is 0 Å². The highest BCUT2D eigenvalue weighted by Crippen LogP contribution is 2.07. The van der Waals surface area contributed by atoms with Crippen molar-refractivity contribution in [2.45, 2.75) is 57.3 Å². The first-order chi connectivity index (χ1) is 16.1. The van der Waals surface area contributed by atoms with Crippen LogP contribution in [0.15, 0.2) is 30.3 Å². The van der Waals surface area contributed by atoms with Crippen molar-refractivity contribution in [1.82, 2.24) is 16.0 Å².